The van der Waals surface area contributed by atoms with Crippen LogP contribution in [0.15, 0.2) is 66.7 Å². The topological polar surface area (TPSA) is 140 Å². The highest BCUT2D eigenvalue weighted by Crippen LogP contribution is 2.28. The van der Waals surface area contributed by atoms with Gasteiger partial charge in [-0.2, -0.15) is 0 Å². The molecule has 34 heavy (non-hydrogen) atoms. The maximum Gasteiger partial charge on any atom is 0.363 e. The van der Waals surface area contributed by atoms with Crippen molar-refractivity contribution in [2.24, 2.45) is 11.5 Å². The van der Waals surface area contributed by atoms with Crippen molar-refractivity contribution in [3.63, 3.8) is 0 Å². The number of primary amides is 2. The molecule has 3 aromatic rings. The number of hydrogen-bond acceptors (Lipinski definition) is 7. The number of carbonyl (C=O) groups excluding carboxylic acids is 2. The lowest BCUT2D eigenvalue weighted by molar-refractivity contribution is 0.0985. The first-order valence-corrected chi connectivity index (χ1v) is 10.7. The van der Waals surface area contributed by atoms with E-state index in [1.807, 2.05) is 30.3 Å². The molecule has 1 unspecified atom stereocenters. The van der Waals surface area contributed by atoms with Crippen molar-refractivity contribution < 1.29 is 33.1 Å². The maximum absolute atomic E-state index is 11.0. The Balaban J connectivity index is 0.000000263. The van der Waals surface area contributed by atoms with Gasteiger partial charge in [0, 0.05) is 0 Å². The van der Waals surface area contributed by atoms with Gasteiger partial charge >= 0.3 is 8.46 Å². The zero-order valence-corrected chi connectivity index (χ0v) is 20.4. The Kier molecular flexibility index (Phi) is 12.2. The Morgan fingerprint density at radius 1 is 0.588 bits per heavy atom. The quantitative estimate of drug-likeness (QED) is 0.488. The summed E-state index contributed by atoms with van der Waals surface area (Å²) in [5.74, 6) is 0.570. The normalized spacial score (nSPS) is 9.41. The molecule has 0 aliphatic heterocycles. The smallest absolute Gasteiger partial charge is 0.363 e. The molecule has 0 aromatic heterocycles. The summed E-state index contributed by atoms with van der Waals surface area (Å²) in [6.45, 7) is 0. The molecule has 2 amide bonds. The number of hydrogen-bond donors (Lipinski definition) is 2. The minimum absolute atomic E-state index is 0.271. The van der Waals surface area contributed by atoms with Crippen molar-refractivity contribution in [1.29, 1.82) is 0 Å². The summed E-state index contributed by atoms with van der Waals surface area (Å²) >= 11 is 0. The molecule has 0 aliphatic carbocycles. The lowest BCUT2D eigenvalue weighted by Gasteiger charge is -2.09. The molecular formula is C24H28N2O7P+. The number of ether oxygens (including phenoxy) is 4. The Morgan fingerprint density at radius 2 is 0.912 bits per heavy atom. The van der Waals surface area contributed by atoms with Crippen LogP contribution in [0.1, 0.15) is 20.7 Å². The van der Waals surface area contributed by atoms with Crippen LogP contribution in [0, 0.1) is 0 Å². The number of methoxy groups -OCH3 is 4. The second-order valence-electron chi connectivity index (χ2n) is 6.27. The van der Waals surface area contributed by atoms with E-state index in [0.717, 1.165) is 5.30 Å². The standard InChI is InChI=1S/2C9H11NO3.C6H5OP/c2*1-12-6-4-3-5-7(13-2)8(6)9(10)11;7-8-6-4-2-1-3-5-6/h2*3-5H,1-2H3,(H2,10,11);1-5H/p+1. The van der Waals surface area contributed by atoms with Crippen LogP contribution in [0.3, 0.4) is 0 Å². The first-order chi connectivity index (χ1) is 16.3. The Morgan fingerprint density at radius 3 is 1.12 bits per heavy atom. The number of benzene rings is 3. The van der Waals surface area contributed by atoms with Crippen LogP contribution in [0.5, 0.6) is 23.0 Å². The molecule has 0 fully saturated rings. The van der Waals surface area contributed by atoms with E-state index in [-0.39, 0.29) is 19.6 Å². The predicted molar refractivity (Wildman–Crippen MR) is 131 cm³/mol. The van der Waals surface area contributed by atoms with Gasteiger partial charge in [0.2, 0.25) is 0 Å². The molecule has 0 bridgehead atoms. The van der Waals surface area contributed by atoms with E-state index in [1.54, 1.807) is 36.4 Å². The molecule has 1 atom stereocenters. The van der Waals surface area contributed by atoms with E-state index in [0.29, 0.717) is 23.0 Å². The van der Waals surface area contributed by atoms with Crippen LogP contribution >= 0.6 is 8.46 Å². The summed E-state index contributed by atoms with van der Waals surface area (Å²) in [7, 11) is 5.57. The predicted octanol–water partition coefficient (Wildman–Crippen LogP) is 2.94. The summed E-state index contributed by atoms with van der Waals surface area (Å²) in [4.78, 5) is 22.0. The highest BCUT2D eigenvalue weighted by Gasteiger charge is 2.15. The highest BCUT2D eigenvalue weighted by molar-refractivity contribution is 7.34. The summed E-state index contributed by atoms with van der Waals surface area (Å²) in [6, 6.07) is 19.4. The zero-order chi connectivity index (χ0) is 25.5. The van der Waals surface area contributed by atoms with Gasteiger partial charge in [-0.1, -0.05) is 34.9 Å². The monoisotopic (exact) mass is 487 g/mol. The van der Waals surface area contributed by atoms with E-state index >= 15 is 0 Å². The minimum atomic E-state index is -0.561. The van der Waals surface area contributed by atoms with Gasteiger partial charge < -0.3 is 30.4 Å². The van der Waals surface area contributed by atoms with Crippen molar-refractivity contribution >= 4 is 25.6 Å². The van der Waals surface area contributed by atoms with Gasteiger partial charge in [0.05, 0.1) is 28.4 Å². The number of amides is 2. The van der Waals surface area contributed by atoms with Gasteiger partial charge in [-0.05, 0) is 36.4 Å². The fourth-order valence-electron chi connectivity index (χ4n) is 2.69. The molecule has 0 radical (unpaired) electrons. The van der Waals surface area contributed by atoms with E-state index in [4.69, 9.17) is 30.4 Å². The van der Waals surface area contributed by atoms with Gasteiger partial charge in [-0.25, -0.2) is 0 Å². The van der Waals surface area contributed by atoms with Crippen LogP contribution in [0.4, 0.5) is 0 Å². The van der Waals surface area contributed by atoms with E-state index in [9.17, 15) is 14.2 Å². The third kappa shape index (κ3) is 8.11. The van der Waals surface area contributed by atoms with E-state index < -0.39 is 11.8 Å². The van der Waals surface area contributed by atoms with Crippen molar-refractivity contribution in [2.45, 2.75) is 0 Å². The van der Waals surface area contributed by atoms with Crippen LogP contribution < -0.4 is 35.7 Å². The van der Waals surface area contributed by atoms with Crippen LogP contribution in [0.25, 0.3) is 0 Å². The van der Waals surface area contributed by atoms with Gasteiger partial charge in [0.15, 0.2) is 5.30 Å². The molecule has 0 heterocycles. The first-order valence-electron chi connectivity index (χ1n) is 9.79. The molecule has 180 valence electrons. The summed E-state index contributed by atoms with van der Waals surface area (Å²) in [5, 5.41) is 0.882. The number of carbonyl (C=O) groups is 2. The molecule has 9 nitrogen and oxygen atoms in total. The van der Waals surface area contributed by atoms with Gasteiger partial charge in [-0.3, -0.25) is 9.59 Å². The molecule has 3 aromatic carbocycles. The lowest BCUT2D eigenvalue weighted by Crippen LogP contribution is -2.13. The molecule has 3 rings (SSSR count). The van der Waals surface area contributed by atoms with Crippen molar-refractivity contribution in [2.75, 3.05) is 28.4 Å². The summed E-state index contributed by atoms with van der Waals surface area (Å²) < 4.78 is 30.0. The largest absolute Gasteiger partial charge is 0.496 e. The Hall–Kier alpha value is -4.10. The molecule has 0 saturated carbocycles. The van der Waals surface area contributed by atoms with Crippen LogP contribution in [-0.4, -0.2) is 40.3 Å². The van der Waals surface area contributed by atoms with Crippen molar-refractivity contribution in [1.82, 2.24) is 0 Å². The van der Waals surface area contributed by atoms with Gasteiger partial charge in [0.25, 0.3) is 11.8 Å². The molecular weight excluding hydrogens is 459 g/mol. The third-order valence-electron chi connectivity index (χ3n) is 4.24. The average molecular weight is 487 g/mol. The maximum atomic E-state index is 11.0. The highest BCUT2D eigenvalue weighted by atomic mass is 31.1. The molecule has 10 heteroatoms. The molecule has 4 N–H and O–H groups in total. The van der Waals surface area contributed by atoms with Crippen molar-refractivity contribution in [3.8, 4) is 23.0 Å². The first kappa shape index (κ1) is 27.9. The third-order valence-corrected chi connectivity index (χ3v) is 4.81. The van der Waals surface area contributed by atoms with Gasteiger partial charge in [0.1, 0.15) is 34.1 Å². The molecule has 0 aliphatic rings. The molecule has 0 saturated heterocycles. The molecule has 0 spiro atoms. The van der Waals surface area contributed by atoms with E-state index in [2.05, 4.69) is 0 Å². The van der Waals surface area contributed by atoms with E-state index in [1.165, 1.54) is 28.4 Å². The Labute approximate surface area is 199 Å². The number of nitrogens with two attached hydrogens (primary N) is 2. The number of rotatable bonds is 7. The fraction of sp³-hybridized carbons (Fsp3) is 0.167. The average Bonchev–Trinajstić information content (AvgIpc) is 2.88. The minimum Gasteiger partial charge on any atom is -0.496 e. The van der Waals surface area contributed by atoms with Gasteiger partial charge in [-0.15, -0.1) is 0 Å². The second-order valence-corrected chi connectivity index (χ2v) is 7.05. The summed E-state index contributed by atoms with van der Waals surface area (Å²) in [6.07, 6.45) is 0. The Bertz CT molecular complexity index is 982. The zero-order valence-electron chi connectivity index (χ0n) is 19.4. The van der Waals surface area contributed by atoms with Crippen molar-refractivity contribution in [3.05, 3.63) is 77.9 Å². The van der Waals surface area contributed by atoms with Crippen LogP contribution in [0.2, 0.25) is 0 Å². The lowest BCUT2D eigenvalue weighted by atomic mass is 10.1. The summed E-state index contributed by atoms with van der Waals surface area (Å²) in [5.41, 5.74) is 10.9. The second kappa shape index (κ2) is 14.9. The SMILES string of the molecule is COc1cccc(OC)c1C(N)=O.COc1cccc(OC)c1C(N)=O.O=[PH+]c1ccccc1. The van der Waals surface area contributed by atoms with Crippen LogP contribution in [-0.2, 0) is 4.57 Å². The fourth-order valence-corrected chi connectivity index (χ4v) is 3.02.